The van der Waals surface area contributed by atoms with E-state index in [9.17, 15) is 5.11 Å². The molecule has 0 amide bonds. The van der Waals surface area contributed by atoms with Gasteiger partial charge in [-0.05, 0) is 31.9 Å². The van der Waals surface area contributed by atoms with Gasteiger partial charge in [-0.25, -0.2) is 0 Å². The predicted octanol–water partition coefficient (Wildman–Crippen LogP) is 1.87. The molecule has 1 fully saturated rings. The lowest BCUT2D eigenvalue weighted by Crippen LogP contribution is -2.38. The van der Waals surface area contributed by atoms with E-state index in [0.717, 1.165) is 30.8 Å². The van der Waals surface area contributed by atoms with E-state index in [2.05, 4.69) is 11.9 Å². The minimum Gasteiger partial charge on any atom is -0.501 e. The maximum atomic E-state index is 9.32. The van der Waals surface area contributed by atoms with Gasteiger partial charge in [0.05, 0.1) is 12.9 Å². The van der Waals surface area contributed by atoms with Crippen molar-refractivity contribution < 1.29 is 9.84 Å². The van der Waals surface area contributed by atoms with Crippen LogP contribution in [0.1, 0.15) is 13.3 Å². The van der Waals surface area contributed by atoms with Gasteiger partial charge in [-0.3, -0.25) is 0 Å². The Bertz CT molecular complexity index is 307. The number of allylic oxidation sites excluding steroid dienone is 5. The van der Waals surface area contributed by atoms with Gasteiger partial charge in [-0.2, -0.15) is 0 Å². The summed E-state index contributed by atoms with van der Waals surface area (Å²) in [5, 5.41) is 12.6. The average Bonchev–Trinajstić information content (AvgIpc) is 2.38. The standard InChI is InChI=1S/C14H23NO2/c1-11(5-4-6-12(2)17-3)14-7-8-15-9-13(14)10-16/h4-6,13-16H,1,7-10H2,2-3H3/b5-4-,12-6+/t13-,14-/m1/s1. The Morgan fingerprint density at radius 2 is 2.35 bits per heavy atom. The summed E-state index contributed by atoms with van der Waals surface area (Å²) >= 11 is 0. The van der Waals surface area contributed by atoms with Crippen LogP contribution >= 0.6 is 0 Å². The van der Waals surface area contributed by atoms with Crippen molar-refractivity contribution in [3.05, 3.63) is 36.1 Å². The molecular weight excluding hydrogens is 214 g/mol. The fraction of sp³-hybridized carbons (Fsp3) is 0.571. The first-order valence-corrected chi connectivity index (χ1v) is 6.08. The summed E-state index contributed by atoms with van der Waals surface area (Å²) in [5.41, 5.74) is 1.09. The molecule has 1 aliphatic rings. The van der Waals surface area contributed by atoms with E-state index in [1.165, 1.54) is 0 Å². The van der Waals surface area contributed by atoms with Gasteiger partial charge in [0, 0.05) is 19.1 Å². The molecule has 2 N–H and O–H groups in total. The lowest BCUT2D eigenvalue weighted by molar-refractivity contribution is 0.164. The second-order valence-electron chi connectivity index (χ2n) is 4.46. The van der Waals surface area contributed by atoms with Crippen LogP contribution in [0.15, 0.2) is 36.1 Å². The molecular formula is C14H23NO2. The molecule has 1 aliphatic heterocycles. The average molecular weight is 237 g/mol. The molecule has 0 spiro atoms. The van der Waals surface area contributed by atoms with Crippen LogP contribution in [-0.4, -0.2) is 31.9 Å². The molecule has 0 bridgehead atoms. The molecule has 1 rings (SSSR count). The molecule has 2 atom stereocenters. The van der Waals surface area contributed by atoms with Crippen LogP contribution in [0, 0.1) is 11.8 Å². The summed E-state index contributed by atoms with van der Waals surface area (Å²) in [6.07, 6.45) is 6.93. The van der Waals surface area contributed by atoms with Gasteiger partial charge in [0.2, 0.25) is 0 Å². The third kappa shape index (κ3) is 4.36. The maximum Gasteiger partial charge on any atom is 0.0924 e. The number of aliphatic hydroxyl groups is 1. The summed E-state index contributed by atoms with van der Waals surface area (Å²) in [7, 11) is 1.66. The number of methoxy groups -OCH3 is 1. The molecule has 0 aliphatic carbocycles. The van der Waals surface area contributed by atoms with Crippen LogP contribution in [0.2, 0.25) is 0 Å². The van der Waals surface area contributed by atoms with E-state index in [1.54, 1.807) is 7.11 Å². The minimum atomic E-state index is 0.220. The Morgan fingerprint density at radius 1 is 1.59 bits per heavy atom. The fourth-order valence-electron chi connectivity index (χ4n) is 2.10. The Labute approximate surface area is 104 Å². The van der Waals surface area contributed by atoms with Crippen molar-refractivity contribution in [3.63, 3.8) is 0 Å². The molecule has 96 valence electrons. The molecule has 0 aromatic carbocycles. The maximum absolute atomic E-state index is 9.32. The minimum absolute atomic E-state index is 0.220. The lowest BCUT2D eigenvalue weighted by Gasteiger charge is -2.31. The van der Waals surface area contributed by atoms with Crippen LogP contribution in [0.5, 0.6) is 0 Å². The SMILES string of the molecule is C=C(/C=C\C=C(/C)OC)[C@H]1CCNC[C@@H]1CO. The van der Waals surface area contributed by atoms with Gasteiger partial charge in [-0.15, -0.1) is 0 Å². The van der Waals surface area contributed by atoms with Crippen LogP contribution in [0.25, 0.3) is 0 Å². The summed E-state index contributed by atoms with van der Waals surface area (Å²) in [5.74, 6) is 1.54. The van der Waals surface area contributed by atoms with Crippen molar-refractivity contribution in [3.8, 4) is 0 Å². The highest BCUT2D eigenvalue weighted by molar-refractivity contribution is 5.23. The highest BCUT2D eigenvalue weighted by Crippen LogP contribution is 2.26. The summed E-state index contributed by atoms with van der Waals surface area (Å²) in [6.45, 7) is 8.11. The van der Waals surface area contributed by atoms with Crippen LogP contribution in [0.3, 0.4) is 0 Å². The second-order valence-corrected chi connectivity index (χ2v) is 4.46. The second kappa shape index (κ2) is 7.30. The van der Waals surface area contributed by atoms with E-state index in [-0.39, 0.29) is 12.5 Å². The van der Waals surface area contributed by atoms with Gasteiger partial charge in [-0.1, -0.05) is 24.3 Å². The number of nitrogens with one attached hydrogen (secondary N) is 1. The summed E-state index contributed by atoms with van der Waals surface area (Å²) < 4.78 is 5.05. The summed E-state index contributed by atoms with van der Waals surface area (Å²) in [4.78, 5) is 0. The molecule has 0 radical (unpaired) electrons. The molecule has 0 unspecified atom stereocenters. The first-order valence-electron chi connectivity index (χ1n) is 6.08. The third-order valence-electron chi connectivity index (χ3n) is 3.28. The number of rotatable bonds is 5. The van der Waals surface area contributed by atoms with Gasteiger partial charge < -0.3 is 15.2 Å². The topological polar surface area (TPSA) is 41.5 Å². The molecule has 1 heterocycles. The highest BCUT2D eigenvalue weighted by atomic mass is 16.5. The largest absolute Gasteiger partial charge is 0.501 e. The Hall–Kier alpha value is -1.06. The monoisotopic (exact) mass is 237 g/mol. The number of aliphatic hydroxyl groups excluding tert-OH is 1. The third-order valence-corrected chi connectivity index (χ3v) is 3.28. The number of hydrogen-bond acceptors (Lipinski definition) is 3. The number of hydrogen-bond donors (Lipinski definition) is 2. The van der Waals surface area contributed by atoms with E-state index in [4.69, 9.17) is 4.74 Å². The van der Waals surface area contributed by atoms with E-state index < -0.39 is 0 Å². The van der Waals surface area contributed by atoms with Gasteiger partial charge >= 0.3 is 0 Å². The molecule has 0 saturated carbocycles. The molecule has 3 heteroatoms. The van der Waals surface area contributed by atoms with Crippen LogP contribution in [-0.2, 0) is 4.74 Å². The smallest absolute Gasteiger partial charge is 0.0924 e. The first-order chi connectivity index (χ1) is 8.19. The van der Waals surface area contributed by atoms with Gasteiger partial charge in [0.15, 0.2) is 0 Å². The number of piperidine rings is 1. The van der Waals surface area contributed by atoms with E-state index >= 15 is 0 Å². The molecule has 0 aromatic rings. The molecule has 1 saturated heterocycles. The Balaban J connectivity index is 2.56. The predicted molar refractivity (Wildman–Crippen MR) is 70.6 cm³/mol. The zero-order chi connectivity index (χ0) is 12.7. The van der Waals surface area contributed by atoms with E-state index in [1.807, 2.05) is 25.2 Å². The lowest BCUT2D eigenvalue weighted by atomic mass is 9.82. The molecule has 3 nitrogen and oxygen atoms in total. The fourth-order valence-corrected chi connectivity index (χ4v) is 2.10. The van der Waals surface area contributed by atoms with Crippen molar-refractivity contribution >= 4 is 0 Å². The van der Waals surface area contributed by atoms with Crippen molar-refractivity contribution in [2.75, 3.05) is 26.8 Å². The zero-order valence-corrected chi connectivity index (χ0v) is 10.8. The Kier molecular flexibility index (Phi) is 6.01. The Morgan fingerprint density at radius 3 is 3.00 bits per heavy atom. The van der Waals surface area contributed by atoms with Crippen LogP contribution < -0.4 is 5.32 Å². The van der Waals surface area contributed by atoms with Crippen molar-refractivity contribution in [2.24, 2.45) is 11.8 Å². The van der Waals surface area contributed by atoms with Gasteiger partial charge in [0.25, 0.3) is 0 Å². The van der Waals surface area contributed by atoms with Crippen molar-refractivity contribution in [1.82, 2.24) is 5.32 Å². The van der Waals surface area contributed by atoms with Crippen molar-refractivity contribution in [1.29, 1.82) is 0 Å². The van der Waals surface area contributed by atoms with Crippen LogP contribution in [0.4, 0.5) is 0 Å². The van der Waals surface area contributed by atoms with E-state index in [0.29, 0.717) is 5.92 Å². The molecule has 0 aromatic heterocycles. The number of ether oxygens (including phenoxy) is 1. The zero-order valence-electron chi connectivity index (χ0n) is 10.8. The van der Waals surface area contributed by atoms with Gasteiger partial charge in [0.1, 0.15) is 0 Å². The first kappa shape index (κ1) is 14.0. The summed E-state index contributed by atoms with van der Waals surface area (Å²) in [6, 6.07) is 0. The normalized spacial score (nSPS) is 26.2. The quantitative estimate of drug-likeness (QED) is 0.566. The highest BCUT2D eigenvalue weighted by Gasteiger charge is 2.25. The van der Waals surface area contributed by atoms with Crippen molar-refractivity contribution in [2.45, 2.75) is 13.3 Å². The molecule has 17 heavy (non-hydrogen) atoms.